The molecule has 1 saturated carbocycles. The van der Waals surface area contributed by atoms with Gasteiger partial charge in [-0.3, -0.25) is 0 Å². The van der Waals surface area contributed by atoms with Crippen LogP contribution in [-0.4, -0.2) is 6.08 Å². The van der Waals surface area contributed by atoms with E-state index in [1.807, 2.05) is 24.3 Å². The summed E-state index contributed by atoms with van der Waals surface area (Å²) in [5, 5.41) is 0. The Balaban J connectivity index is 2.42. The first kappa shape index (κ1) is 7.26. The lowest BCUT2D eigenvalue weighted by Crippen LogP contribution is -1.78. The third kappa shape index (κ3) is 1.29. The molecule has 0 saturated heterocycles. The van der Waals surface area contributed by atoms with Crippen molar-refractivity contribution in [3.8, 4) is 0 Å². The monoisotopic (exact) mass is 159 g/mol. The number of para-hydroxylation sites is 1. The van der Waals surface area contributed by atoms with Crippen molar-refractivity contribution in [2.45, 2.75) is 18.8 Å². The highest BCUT2D eigenvalue weighted by Crippen LogP contribution is 2.43. The van der Waals surface area contributed by atoms with E-state index in [2.05, 4.69) is 4.99 Å². The van der Waals surface area contributed by atoms with E-state index in [9.17, 15) is 4.79 Å². The van der Waals surface area contributed by atoms with Crippen molar-refractivity contribution < 1.29 is 4.79 Å². The Morgan fingerprint density at radius 2 is 2.08 bits per heavy atom. The molecule has 1 aliphatic rings. The lowest BCUT2D eigenvalue weighted by molar-refractivity contribution is 0.565. The van der Waals surface area contributed by atoms with E-state index in [0.717, 1.165) is 5.69 Å². The summed E-state index contributed by atoms with van der Waals surface area (Å²) >= 11 is 0. The van der Waals surface area contributed by atoms with Gasteiger partial charge in [-0.2, -0.15) is 4.99 Å². The molecular formula is C10H9NO. The van der Waals surface area contributed by atoms with Crippen molar-refractivity contribution in [2.75, 3.05) is 0 Å². The van der Waals surface area contributed by atoms with Crippen LogP contribution in [0.15, 0.2) is 29.3 Å². The maximum Gasteiger partial charge on any atom is 0.240 e. The van der Waals surface area contributed by atoms with Crippen LogP contribution < -0.4 is 0 Å². The smallest absolute Gasteiger partial charge is 0.211 e. The fraction of sp³-hybridized carbons (Fsp3) is 0.300. The van der Waals surface area contributed by atoms with Crippen LogP contribution >= 0.6 is 0 Å². The first-order valence-electron chi connectivity index (χ1n) is 4.08. The van der Waals surface area contributed by atoms with E-state index in [4.69, 9.17) is 0 Å². The highest BCUT2D eigenvalue weighted by molar-refractivity contribution is 5.55. The summed E-state index contributed by atoms with van der Waals surface area (Å²) in [5.41, 5.74) is 1.98. The summed E-state index contributed by atoms with van der Waals surface area (Å²) in [7, 11) is 0. The topological polar surface area (TPSA) is 29.4 Å². The fourth-order valence-electron chi connectivity index (χ4n) is 1.38. The zero-order valence-corrected chi connectivity index (χ0v) is 6.66. The molecule has 12 heavy (non-hydrogen) atoms. The summed E-state index contributed by atoms with van der Waals surface area (Å²) < 4.78 is 0. The van der Waals surface area contributed by atoms with Crippen LogP contribution in [0.25, 0.3) is 0 Å². The minimum Gasteiger partial charge on any atom is -0.211 e. The lowest BCUT2D eigenvalue weighted by atomic mass is 10.1. The zero-order valence-electron chi connectivity index (χ0n) is 6.66. The number of isocyanates is 1. The number of carbonyl (C=O) groups excluding carboxylic acids is 1. The summed E-state index contributed by atoms with van der Waals surface area (Å²) in [6, 6.07) is 7.77. The fourth-order valence-corrected chi connectivity index (χ4v) is 1.38. The molecule has 0 N–H and O–H groups in total. The third-order valence-corrected chi connectivity index (χ3v) is 2.12. The predicted molar refractivity (Wildman–Crippen MR) is 46.2 cm³/mol. The molecule has 0 unspecified atom stereocenters. The highest BCUT2D eigenvalue weighted by atomic mass is 16.1. The van der Waals surface area contributed by atoms with Crippen molar-refractivity contribution in [3.63, 3.8) is 0 Å². The van der Waals surface area contributed by atoms with Crippen LogP contribution in [0.4, 0.5) is 5.69 Å². The molecule has 60 valence electrons. The Morgan fingerprint density at radius 3 is 2.75 bits per heavy atom. The van der Waals surface area contributed by atoms with Gasteiger partial charge in [0.05, 0.1) is 5.69 Å². The van der Waals surface area contributed by atoms with Gasteiger partial charge >= 0.3 is 0 Å². The molecule has 0 bridgehead atoms. The van der Waals surface area contributed by atoms with Crippen molar-refractivity contribution >= 4 is 11.8 Å². The molecule has 2 nitrogen and oxygen atoms in total. The molecule has 0 aromatic heterocycles. The second-order valence-electron chi connectivity index (χ2n) is 3.04. The maximum absolute atomic E-state index is 10.1. The van der Waals surface area contributed by atoms with E-state index >= 15 is 0 Å². The number of rotatable bonds is 2. The standard InChI is InChI=1S/C10H9NO/c12-7-11-10-4-2-1-3-9(10)8-5-6-8/h1-4,8H,5-6H2. The van der Waals surface area contributed by atoms with Gasteiger partial charge in [-0.05, 0) is 30.4 Å². The molecular weight excluding hydrogens is 150 g/mol. The number of hydrogen-bond donors (Lipinski definition) is 0. The zero-order chi connectivity index (χ0) is 8.39. The Bertz CT molecular complexity index is 335. The van der Waals surface area contributed by atoms with Gasteiger partial charge in [0.25, 0.3) is 0 Å². The van der Waals surface area contributed by atoms with Crippen molar-refractivity contribution in [1.29, 1.82) is 0 Å². The minimum atomic E-state index is 0.637. The number of benzene rings is 1. The molecule has 0 radical (unpaired) electrons. The van der Waals surface area contributed by atoms with Crippen LogP contribution in [0.3, 0.4) is 0 Å². The predicted octanol–water partition coefficient (Wildman–Crippen LogP) is 2.53. The van der Waals surface area contributed by atoms with Gasteiger partial charge in [0.15, 0.2) is 0 Å². The molecule has 1 aliphatic carbocycles. The van der Waals surface area contributed by atoms with Crippen LogP contribution in [0.2, 0.25) is 0 Å². The molecule has 1 aromatic carbocycles. The number of aliphatic imine (C=N–C) groups is 1. The molecule has 0 heterocycles. The first-order valence-corrected chi connectivity index (χ1v) is 4.08. The molecule has 2 heteroatoms. The molecule has 0 spiro atoms. The molecule has 0 atom stereocenters. The van der Waals surface area contributed by atoms with Gasteiger partial charge in [0, 0.05) is 0 Å². The molecule has 1 fully saturated rings. The van der Waals surface area contributed by atoms with Gasteiger partial charge in [0.1, 0.15) is 0 Å². The van der Waals surface area contributed by atoms with Crippen molar-refractivity contribution in [1.82, 2.24) is 0 Å². The van der Waals surface area contributed by atoms with E-state index in [1.165, 1.54) is 18.4 Å². The first-order chi connectivity index (χ1) is 5.92. The summed E-state index contributed by atoms with van der Waals surface area (Å²) in [5.74, 6) is 0.637. The second-order valence-corrected chi connectivity index (χ2v) is 3.04. The van der Waals surface area contributed by atoms with Gasteiger partial charge < -0.3 is 0 Å². The normalized spacial score (nSPS) is 15.3. The third-order valence-electron chi connectivity index (χ3n) is 2.12. The Labute approximate surface area is 70.9 Å². The Morgan fingerprint density at radius 1 is 1.33 bits per heavy atom. The lowest BCUT2D eigenvalue weighted by Gasteiger charge is -1.99. The molecule has 1 aromatic rings. The van der Waals surface area contributed by atoms with Crippen LogP contribution in [-0.2, 0) is 4.79 Å². The van der Waals surface area contributed by atoms with E-state index in [0.29, 0.717) is 5.92 Å². The van der Waals surface area contributed by atoms with E-state index < -0.39 is 0 Å². The SMILES string of the molecule is O=C=Nc1ccccc1C1CC1. The van der Waals surface area contributed by atoms with Gasteiger partial charge in [-0.15, -0.1) is 0 Å². The largest absolute Gasteiger partial charge is 0.240 e. The summed E-state index contributed by atoms with van der Waals surface area (Å²) in [6.07, 6.45) is 4.04. The van der Waals surface area contributed by atoms with Gasteiger partial charge in [-0.25, -0.2) is 4.79 Å². The average Bonchev–Trinajstić information content (AvgIpc) is 2.89. The number of nitrogens with zero attached hydrogens (tertiary/aromatic N) is 1. The van der Waals surface area contributed by atoms with Crippen LogP contribution in [0.5, 0.6) is 0 Å². The van der Waals surface area contributed by atoms with Crippen LogP contribution in [0, 0.1) is 0 Å². The van der Waals surface area contributed by atoms with Gasteiger partial charge in [0.2, 0.25) is 6.08 Å². The quantitative estimate of drug-likeness (QED) is 0.481. The summed E-state index contributed by atoms with van der Waals surface area (Å²) in [4.78, 5) is 13.7. The van der Waals surface area contributed by atoms with Crippen molar-refractivity contribution in [3.05, 3.63) is 29.8 Å². The average molecular weight is 159 g/mol. The number of hydrogen-bond acceptors (Lipinski definition) is 2. The van der Waals surface area contributed by atoms with Crippen molar-refractivity contribution in [2.24, 2.45) is 4.99 Å². The highest BCUT2D eigenvalue weighted by Gasteiger charge is 2.25. The maximum atomic E-state index is 10.1. The second kappa shape index (κ2) is 2.92. The summed E-state index contributed by atoms with van der Waals surface area (Å²) in [6.45, 7) is 0. The van der Waals surface area contributed by atoms with Gasteiger partial charge in [-0.1, -0.05) is 18.2 Å². The molecule has 2 rings (SSSR count). The van der Waals surface area contributed by atoms with E-state index in [-0.39, 0.29) is 0 Å². The molecule has 0 amide bonds. The molecule has 0 aliphatic heterocycles. The Hall–Kier alpha value is -1.40. The van der Waals surface area contributed by atoms with Crippen LogP contribution in [0.1, 0.15) is 24.3 Å². The Kier molecular flexibility index (Phi) is 1.77. The van der Waals surface area contributed by atoms with E-state index in [1.54, 1.807) is 6.08 Å². The minimum absolute atomic E-state index is 0.637.